The first-order chi connectivity index (χ1) is 12.5. The molecule has 0 fully saturated rings. The highest BCUT2D eigenvalue weighted by atomic mass is 16.5. The minimum atomic E-state index is -0.301. The number of fused-ring (bicyclic) bond motifs is 2. The van der Waals surface area contributed by atoms with Gasteiger partial charge in [-0.2, -0.15) is 0 Å². The maximum absolute atomic E-state index is 10.7. The van der Waals surface area contributed by atoms with E-state index in [0.717, 1.165) is 21.8 Å². The van der Waals surface area contributed by atoms with Crippen LogP contribution >= 0.6 is 0 Å². The molecule has 0 spiro atoms. The summed E-state index contributed by atoms with van der Waals surface area (Å²) in [5, 5.41) is 1.86. The molecule has 6 nitrogen and oxygen atoms in total. The van der Waals surface area contributed by atoms with E-state index in [4.69, 9.17) is 9.47 Å². The molecule has 2 heterocycles. The average Bonchev–Trinajstić information content (AvgIpc) is 3.20. The van der Waals surface area contributed by atoms with Crippen molar-refractivity contribution in [3.05, 3.63) is 60.9 Å². The van der Waals surface area contributed by atoms with Gasteiger partial charge in [0.2, 0.25) is 0 Å². The highest BCUT2D eigenvalue weighted by Gasteiger charge is 2.05. The second kappa shape index (κ2) is 7.57. The highest BCUT2D eigenvalue weighted by Crippen LogP contribution is 2.25. The third kappa shape index (κ3) is 3.92. The third-order valence-electron chi connectivity index (χ3n) is 3.61. The lowest BCUT2D eigenvalue weighted by Gasteiger charge is -1.96. The molecular formula is C20H18N2O4. The first-order valence-corrected chi connectivity index (χ1v) is 8.03. The van der Waals surface area contributed by atoms with Gasteiger partial charge in [-0.15, -0.1) is 0 Å². The van der Waals surface area contributed by atoms with Gasteiger partial charge in [0.05, 0.1) is 0 Å². The van der Waals surface area contributed by atoms with Crippen molar-refractivity contribution in [3.8, 4) is 11.5 Å². The normalized spacial score (nSPS) is 10.2. The van der Waals surface area contributed by atoms with E-state index >= 15 is 0 Å². The minimum absolute atomic E-state index is 0.301. The zero-order valence-electron chi connectivity index (χ0n) is 14.4. The van der Waals surface area contributed by atoms with Gasteiger partial charge in [0.25, 0.3) is 0 Å². The highest BCUT2D eigenvalue weighted by molar-refractivity contribution is 5.89. The Kier molecular flexibility index (Phi) is 5.03. The Bertz CT molecular complexity index is 976. The summed E-state index contributed by atoms with van der Waals surface area (Å²) < 4.78 is 9.99. The number of H-pyrrole nitrogens is 2. The van der Waals surface area contributed by atoms with Crippen LogP contribution in [0.3, 0.4) is 0 Å². The fourth-order valence-electron chi connectivity index (χ4n) is 2.57. The van der Waals surface area contributed by atoms with Crippen molar-refractivity contribution in [3.63, 3.8) is 0 Å². The van der Waals surface area contributed by atoms with Crippen LogP contribution in [0.2, 0.25) is 0 Å². The van der Waals surface area contributed by atoms with Gasteiger partial charge in [0, 0.05) is 48.0 Å². The average molecular weight is 350 g/mol. The quantitative estimate of drug-likeness (QED) is 0.531. The number of para-hydroxylation sites is 2. The number of carbonyl (C=O) groups is 2. The smallest absolute Gasteiger partial charge is 0.308 e. The van der Waals surface area contributed by atoms with Crippen molar-refractivity contribution < 1.29 is 19.1 Å². The second-order valence-corrected chi connectivity index (χ2v) is 5.58. The van der Waals surface area contributed by atoms with E-state index in [1.54, 1.807) is 12.4 Å². The molecule has 4 aromatic rings. The van der Waals surface area contributed by atoms with Gasteiger partial charge in [0.15, 0.2) is 11.5 Å². The van der Waals surface area contributed by atoms with Gasteiger partial charge in [-0.3, -0.25) is 9.59 Å². The van der Waals surface area contributed by atoms with E-state index in [0.29, 0.717) is 11.5 Å². The molecule has 0 aliphatic rings. The molecule has 0 saturated carbocycles. The Labute approximate surface area is 149 Å². The van der Waals surface area contributed by atoms with Gasteiger partial charge >= 0.3 is 11.9 Å². The van der Waals surface area contributed by atoms with Gasteiger partial charge in [-0.25, -0.2) is 0 Å². The fraction of sp³-hybridized carbons (Fsp3) is 0.100. The summed E-state index contributed by atoms with van der Waals surface area (Å²) in [6.07, 6.45) is 3.37. The van der Waals surface area contributed by atoms with Crippen molar-refractivity contribution in [1.82, 2.24) is 9.97 Å². The number of rotatable bonds is 2. The van der Waals surface area contributed by atoms with Gasteiger partial charge in [0.1, 0.15) is 0 Å². The van der Waals surface area contributed by atoms with E-state index in [2.05, 4.69) is 9.97 Å². The van der Waals surface area contributed by atoms with Crippen molar-refractivity contribution >= 4 is 33.7 Å². The number of aromatic amines is 2. The number of hydrogen-bond donors (Lipinski definition) is 2. The summed E-state index contributed by atoms with van der Waals surface area (Å²) in [5.74, 6) is 0.570. The molecule has 2 N–H and O–H groups in total. The van der Waals surface area contributed by atoms with Gasteiger partial charge in [-0.1, -0.05) is 24.3 Å². The fourth-order valence-corrected chi connectivity index (χ4v) is 2.57. The van der Waals surface area contributed by atoms with Crippen molar-refractivity contribution in [1.29, 1.82) is 0 Å². The number of esters is 2. The number of nitrogens with one attached hydrogen (secondary N) is 2. The number of hydrogen-bond acceptors (Lipinski definition) is 4. The lowest BCUT2D eigenvalue weighted by Crippen LogP contribution is -2.00. The minimum Gasteiger partial charge on any atom is -0.424 e. The number of carbonyl (C=O) groups excluding carboxylic acids is 2. The monoisotopic (exact) mass is 350 g/mol. The van der Waals surface area contributed by atoms with Crippen molar-refractivity contribution in [2.75, 3.05) is 0 Å². The summed E-state index contributed by atoms with van der Waals surface area (Å²) in [7, 11) is 0. The predicted molar refractivity (Wildman–Crippen MR) is 99.2 cm³/mol. The summed E-state index contributed by atoms with van der Waals surface area (Å²) in [6, 6.07) is 15.3. The molecule has 0 bridgehead atoms. The Morgan fingerprint density at radius 1 is 0.692 bits per heavy atom. The number of aromatic nitrogens is 2. The lowest BCUT2D eigenvalue weighted by molar-refractivity contribution is -0.132. The third-order valence-corrected chi connectivity index (χ3v) is 3.61. The van der Waals surface area contributed by atoms with Gasteiger partial charge < -0.3 is 19.4 Å². The van der Waals surface area contributed by atoms with Crippen LogP contribution in [0.4, 0.5) is 0 Å². The van der Waals surface area contributed by atoms with E-state index < -0.39 is 0 Å². The summed E-state index contributed by atoms with van der Waals surface area (Å²) in [5.41, 5.74) is 1.94. The van der Waals surface area contributed by atoms with E-state index in [-0.39, 0.29) is 11.9 Å². The molecular weight excluding hydrogens is 332 g/mol. The topological polar surface area (TPSA) is 84.2 Å². The molecule has 0 aliphatic heterocycles. The first kappa shape index (κ1) is 17.3. The summed E-state index contributed by atoms with van der Waals surface area (Å²) in [4.78, 5) is 27.5. The summed E-state index contributed by atoms with van der Waals surface area (Å²) >= 11 is 0. The van der Waals surface area contributed by atoms with Crippen LogP contribution in [0.5, 0.6) is 11.5 Å². The Balaban J connectivity index is 0.000000151. The zero-order chi connectivity index (χ0) is 18.5. The number of ether oxygens (including phenoxy) is 2. The molecule has 0 unspecified atom stereocenters. The molecule has 0 atom stereocenters. The Hall–Kier alpha value is -3.54. The van der Waals surface area contributed by atoms with Crippen LogP contribution in [0.25, 0.3) is 21.8 Å². The molecule has 0 saturated heterocycles. The molecule has 0 amide bonds. The SMILES string of the molecule is CC(=O)Oc1c[nH]c2ccccc12.CC(=O)Oc1c[nH]c2ccccc12. The second-order valence-electron chi connectivity index (χ2n) is 5.58. The molecule has 26 heavy (non-hydrogen) atoms. The van der Waals surface area contributed by atoms with Crippen LogP contribution in [0.15, 0.2) is 60.9 Å². The molecule has 0 aliphatic carbocycles. The maximum atomic E-state index is 10.7. The zero-order valence-corrected chi connectivity index (χ0v) is 14.4. The molecule has 6 heteroatoms. The van der Waals surface area contributed by atoms with Crippen LogP contribution in [-0.4, -0.2) is 21.9 Å². The predicted octanol–water partition coefficient (Wildman–Crippen LogP) is 4.19. The van der Waals surface area contributed by atoms with E-state index in [1.807, 2.05) is 48.5 Å². The Morgan fingerprint density at radius 3 is 1.46 bits per heavy atom. The molecule has 132 valence electrons. The van der Waals surface area contributed by atoms with Crippen molar-refractivity contribution in [2.45, 2.75) is 13.8 Å². The first-order valence-electron chi connectivity index (χ1n) is 8.03. The molecule has 2 aromatic carbocycles. The molecule has 4 rings (SSSR count). The van der Waals surface area contributed by atoms with E-state index in [1.165, 1.54) is 13.8 Å². The molecule has 2 aromatic heterocycles. The van der Waals surface area contributed by atoms with E-state index in [9.17, 15) is 9.59 Å². The number of benzene rings is 2. The van der Waals surface area contributed by atoms with Crippen LogP contribution in [0, 0.1) is 0 Å². The van der Waals surface area contributed by atoms with Crippen molar-refractivity contribution in [2.24, 2.45) is 0 Å². The maximum Gasteiger partial charge on any atom is 0.308 e. The van der Waals surface area contributed by atoms with Crippen LogP contribution in [0.1, 0.15) is 13.8 Å². The van der Waals surface area contributed by atoms with Crippen LogP contribution in [-0.2, 0) is 9.59 Å². The standard InChI is InChI=1S/2C10H9NO2/c2*1-7(12)13-10-6-11-9-5-3-2-4-8(9)10/h2*2-6,11H,1H3. The van der Waals surface area contributed by atoms with Gasteiger partial charge in [-0.05, 0) is 24.3 Å². The molecule has 0 radical (unpaired) electrons. The summed E-state index contributed by atoms with van der Waals surface area (Å²) in [6.45, 7) is 2.78. The van der Waals surface area contributed by atoms with Crippen LogP contribution < -0.4 is 9.47 Å². The lowest BCUT2D eigenvalue weighted by atomic mass is 10.2. The Morgan fingerprint density at radius 2 is 1.08 bits per heavy atom. The largest absolute Gasteiger partial charge is 0.424 e.